The lowest BCUT2D eigenvalue weighted by Crippen LogP contribution is -2.59. The van der Waals surface area contributed by atoms with Crippen molar-refractivity contribution >= 4 is 11.9 Å². The molecule has 7 bridgehead atoms. The van der Waals surface area contributed by atoms with Crippen molar-refractivity contribution in [2.24, 2.45) is 17.8 Å². The van der Waals surface area contributed by atoms with Gasteiger partial charge in [-0.25, -0.2) is 4.79 Å². The molecule has 6 N–H and O–H groups in total. The minimum atomic E-state index is -1.59. The van der Waals surface area contributed by atoms with E-state index in [1.165, 1.54) is 6.08 Å². The SMILES string of the molecule is C/C(=C\[C@H](C)CCCCC(=O)O)[C@H]1O[C@@H]2C=CC1OC(=O)\C=C/C=C\C=C\C1OC3CC1O[C@@H](/C=C/CC1OC(CC(O)C1C)[C@@H](O)[C@@H](OC1OC(C)C(O)C(O)C1O)/C=C/CC/C=C/C2)C3C. The molecule has 0 spiro atoms. The Morgan fingerprint density at radius 1 is 0.706 bits per heavy atom. The predicted octanol–water partition coefficient (Wildman–Crippen LogP) is 5.65. The molecule has 0 saturated carbocycles. The standard InChI is InChI=1S/C53H76O15/c1-31(18-15-16-24-46(55)56)28-32(2)52-42-27-26-36(63-52)19-11-7-6-8-13-21-41(68-53-51(61)50(60)48(58)35(5)62-53)49(59)45-29-37(54)33(3)38(65-45)22-17-23-39-34(4)43-30-44(64-39)40(66-43)20-12-9-10-14-25-47(57)67-42/h7,9-14,17,20-21,23,25-28,31,33-45,48-54,58-61H,6,8,15-16,18-19,22,24,29-30H2,1-5H3,(H,55,56)/b10-9-,11-7+,20-12+,21-13+,23-17+,25-14-,32-28+/t31-,33?,34?,35?,36+,37?,38?,39+,40?,41+,42?,43?,44?,45?,48?,49+,50?,51?,52-,53?/m1/s1. The summed E-state index contributed by atoms with van der Waals surface area (Å²) in [7, 11) is 0. The quantitative estimate of drug-likeness (QED) is 0.0935. The van der Waals surface area contributed by atoms with Gasteiger partial charge in [-0.3, -0.25) is 4.79 Å². The van der Waals surface area contributed by atoms with Crippen LogP contribution in [0.5, 0.6) is 0 Å². The molecule has 7 aliphatic rings. The van der Waals surface area contributed by atoms with Crippen molar-refractivity contribution in [1.29, 1.82) is 0 Å². The highest BCUT2D eigenvalue weighted by Gasteiger charge is 2.47. The molecule has 0 aromatic heterocycles. The van der Waals surface area contributed by atoms with Crippen molar-refractivity contribution in [3.8, 4) is 0 Å². The highest BCUT2D eigenvalue weighted by Crippen LogP contribution is 2.39. The van der Waals surface area contributed by atoms with Crippen LogP contribution in [0.15, 0.2) is 96.7 Å². The zero-order chi connectivity index (χ0) is 48.9. The zero-order valence-corrected chi connectivity index (χ0v) is 40.1. The molecule has 15 heteroatoms. The predicted molar refractivity (Wildman–Crippen MR) is 253 cm³/mol. The van der Waals surface area contributed by atoms with E-state index in [9.17, 15) is 35.1 Å². The second kappa shape index (κ2) is 26.0. The van der Waals surface area contributed by atoms with Gasteiger partial charge in [-0.15, -0.1) is 0 Å². The summed E-state index contributed by atoms with van der Waals surface area (Å²) >= 11 is 0. The average Bonchev–Trinajstić information content (AvgIpc) is 3.66. The van der Waals surface area contributed by atoms with Crippen LogP contribution >= 0.6 is 0 Å². The maximum Gasteiger partial charge on any atom is 0.331 e. The smallest absolute Gasteiger partial charge is 0.331 e. The largest absolute Gasteiger partial charge is 0.481 e. The summed E-state index contributed by atoms with van der Waals surface area (Å²) in [5.74, 6) is -1.32. The van der Waals surface area contributed by atoms with E-state index in [0.29, 0.717) is 32.1 Å². The van der Waals surface area contributed by atoms with E-state index in [2.05, 4.69) is 19.9 Å². The van der Waals surface area contributed by atoms with E-state index in [0.717, 1.165) is 24.8 Å². The molecule has 68 heavy (non-hydrogen) atoms. The summed E-state index contributed by atoms with van der Waals surface area (Å²) in [6.07, 6.45) is 20.1. The molecule has 7 rings (SSSR count). The van der Waals surface area contributed by atoms with Crippen LogP contribution in [0.1, 0.15) is 98.8 Å². The van der Waals surface area contributed by atoms with Crippen LogP contribution in [0.4, 0.5) is 0 Å². The van der Waals surface area contributed by atoms with Crippen molar-refractivity contribution in [3.63, 3.8) is 0 Å². The number of rotatable bonds is 9. The number of fused-ring (bicyclic) bond motifs is 13. The van der Waals surface area contributed by atoms with Crippen LogP contribution < -0.4 is 0 Å². The number of aliphatic hydroxyl groups is 5. The number of hydrogen-bond acceptors (Lipinski definition) is 14. The normalized spacial score (nSPS) is 44.2. The molecule has 4 fully saturated rings. The molecule has 0 aromatic rings. The van der Waals surface area contributed by atoms with Gasteiger partial charge in [0, 0.05) is 37.2 Å². The first-order valence-electron chi connectivity index (χ1n) is 24.7. The minimum Gasteiger partial charge on any atom is -0.481 e. The van der Waals surface area contributed by atoms with Gasteiger partial charge in [-0.1, -0.05) is 106 Å². The number of aliphatic hydroxyl groups excluding tert-OH is 5. The molecular weight excluding hydrogens is 877 g/mol. The van der Waals surface area contributed by atoms with Gasteiger partial charge in [-0.2, -0.15) is 0 Å². The first-order chi connectivity index (χ1) is 32.6. The Labute approximate surface area is 401 Å². The van der Waals surface area contributed by atoms with Gasteiger partial charge in [0.2, 0.25) is 0 Å². The van der Waals surface area contributed by atoms with Gasteiger partial charge in [0.25, 0.3) is 0 Å². The van der Waals surface area contributed by atoms with Gasteiger partial charge in [0.05, 0.1) is 48.8 Å². The summed E-state index contributed by atoms with van der Waals surface area (Å²) in [4.78, 5) is 24.1. The lowest BCUT2D eigenvalue weighted by Gasteiger charge is -2.43. The summed E-state index contributed by atoms with van der Waals surface area (Å²) in [5.41, 5.74) is 0.912. The maximum absolute atomic E-state index is 13.1. The number of carboxylic acids is 1. The molecular formula is C53H76O15. The number of carboxylic acid groups (broad SMARTS) is 1. The fourth-order valence-corrected chi connectivity index (χ4v) is 9.78. The van der Waals surface area contributed by atoms with Crippen molar-refractivity contribution in [2.75, 3.05) is 0 Å². The van der Waals surface area contributed by atoms with E-state index in [1.54, 1.807) is 25.2 Å². The number of carbonyl (C=O) groups is 2. The van der Waals surface area contributed by atoms with Crippen molar-refractivity contribution < 1.29 is 73.4 Å². The Morgan fingerprint density at radius 2 is 1.47 bits per heavy atom. The van der Waals surface area contributed by atoms with E-state index in [-0.39, 0.29) is 61.1 Å². The Hall–Kier alpha value is -3.58. The van der Waals surface area contributed by atoms with Crippen molar-refractivity contribution in [2.45, 2.75) is 203 Å². The van der Waals surface area contributed by atoms with Gasteiger partial charge < -0.3 is 63.8 Å². The molecule has 14 unspecified atom stereocenters. The molecule has 0 aliphatic carbocycles. The van der Waals surface area contributed by atoms with Crippen LogP contribution in [0.3, 0.4) is 0 Å². The van der Waals surface area contributed by atoms with Gasteiger partial charge in [0.1, 0.15) is 42.7 Å². The summed E-state index contributed by atoms with van der Waals surface area (Å²) in [5, 5.41) is 63.9. The molecule has 0 radical (unpaired) electrons. The van der Waals surface area contributed by atoms with E-state index in [4.69, 9.17) is 38.3 Å². The van der Waals surface area contributed by atoms with E-state index < -0.39 is 85.4 Å². The average molecular weight is 953 g/mol. The first kappa shape index (κ1) is 53.8. The third kappa shape index (κ3) is 15.0. The lowest BCUT2D eigenvalue weighted by atomic mass is 9.85. The molecule has 15 nitrogen and oxygen atoms in total. The molecule has 7 aliphatic heterocycles. The number of ether oxygens (including phenoxy) is 7. The maximum atomic E-state index is 13.1. The third-order valence-electron chi connectivity index (χ3n) is 14.0. The Morgan fingerprint density at radius 3 is 2.26 bits per heavy atom. The van der Waals surface area contributed by atoms with E-state index >= 15 is 0 Å². The molecule has 7 heterocycles. The lowest BCUT2D eigenvalue weighted by molar-refractivity contribution is -0.309. The van der Waals surface area contributed by atoms with Crippen molar-refractivity contribution in [3.05, 3.63) is 96.7 Å². The molecule has 0 aromatic carbocycles. The van der Waals surface area contributed by atoms with Crippen LogP contribution in [0, 0.1) is 17.8 Å². The van der Waals surface area contributed by atoms with Gasteiger partial charge in [-0.05, 0) is 69.9 Å². The van der Waals surface area contributed by atoms with Crippen LogP contribution in [-0.2, 0) is 42.7 Å². The highest BCUT2D eigenvalue weighted by atomic mass is 16.7. The number of unbranched alkanes of at least 4 members (excludes halogenated alkanes) is 1. The Balaban J connectivity index is 1.21. The topological polar surface area (TPSA) is 220 Å². The van der Waals surface area contributed by atoms with Crippen LogP contribution in [0.2, 0.25) is 0 Å². The molecule has 378 valence electrons. The summed E-state index contributed by atoms with van der Waals surface area (Å²) in [6, 6.07) is 0. The van der Waals surface area contributed by atoms with Crippen molar-refractivity contribution in [1.82, 2.24) is 0 Å². The summed E-state index contributed by atoms with van der Waals surface area (Å²) < 4.78 is 43.9. The summed E-state index contributed by atoms with van der Waals surface area (Å²) in [6.45, 7) is 9.62. The second-order valence-electron chi connectivity index (χ2n) is 19.4. The number of hydrogen-bond donors (Lipinski definition) is 6. The third-order valence-corrected chi connectivity index (χ3v) is 14.0. The fourth-order valence-electron chi connectivity index (χ4n) is 9.78. The van der Waals surface area contributed by atoms with E-state index in [1.807, 2.05) is 74.6 Å². The Kier molecular flexibility index (Phi) is 20.6. The monoisotopic (exact) mass is 953 g/mol. The number of carbonyl (C=O) groups excluding carboxylic acids is 1. The highest BCUT2D eigenvalue weighted by molar-refractivity contribution is 5.82. The zero-order valence-electron chi connectivity index (χ0n) is 40.1. The van der Waals surface area contributed by atoms with Gasteiger partial charge >= 0.3 is 11.9 Å². The Bertz CT molecular complexity index is 1870. The molecule has 20 atom stereocenters. The van der Waals surface area contributed by atoms with Gasteiger partial charge in [0.15, 0.2) is 12.4 Å². The van der Waals surface area contributed by atoms with Crippen LogP contribution in [-0.4, -0.2) is 147 Å². The number of allylic oxidation sites excluding steroid dienone is 7. The number of aliphatic carboxylic acids is 1. The number of esters is 1. The first-order valence-corrected chi connectivity index (χ1v) is 24.7. The minimum absolute atomic E-state index is 0.000574. The molecule has 4 saturated heterocycles. The second-order valence-corrected chi connectivity index (χ2v) is 19.4. The molecule has 0 amide bonds. The fraction of sp³-hybridized carbons (Fsp3) is 0.660. The van der Waals surface area contributed by atoms with Crippen LogP contribution in [0.25, 0.3) is 0 Å².